The Labute approximate surface area is 139 Å². The van der Waals surface area contributed by atoms with Gasteiger partial charge in [-0.3, -0.25) is 4.99 Å². The number of aliphatic imine (C=N–C) groups is 1. The van der Waals surface area contributed by atoms with E-state index in [0.29, 0.717) is 0 Å². The van der Waals surface area contributed by atoms with E-state index in [0.717, 1.165) is 35.6 Å². The molecule has 0 radical (unpaired) electrons. The summed E-state index contributed by atoms with van der Waals surface area (Å²) < 4.78 is 1.15. The van der Waals surface area contributed by atoms with Crippen LogP contribution in [0.15, 0.2) is 46.0 Å². The van der Waals surface area contributed by atoms with Crippen LogP contribution in [0.3, 0.4) is 0 Å². The zero-order valence-electron chi connectivity index (χ0n) is 12.4. The molecule has 2 aliphatic heterocycles. The Balaban J connectivity index is 1.69. The molecule has 4 rings (SSSR count). The second kappa shape index (κ2) is 5.84. The molecule has 1 fully saturated rings. The van der Waals surface area contributed by atoms with Crippen LogP contribution in [0.25, 0.3) is 0 Å². The molecule has 1 aromatic heterocycles. The van der Waals surface area contributed by atoms with Gasteiger partial charge in [0.25, 0.3) is 0 Å². The van der Waals surface area contributed by atoms with Crippen LogP contribution in [0.1, 0.15) is 36.0 Å². The maximum atomic E-state index is 4.76. The molecule has 2 aliphatic rings. The fourth-order valence-electron chi connectivity index (χ4n) is 3.29. The highest BCUT2D eigenvalue weighted by Gasteiger charge is 2.20. The van der Waals surface area contributed by atoms with Gasteiger partial charge >= 0.3 is 0 Å². The summed E-state index contributed by atoms with van der Waals surface area (Å²) in [6.07, 6.45) is 5.79. The summed E-state index contributed by atoms with van der Waals surface area (Å²) in [5.41, 5.74) is 4.79. The highest BCUT2D eigenvalue weighted by molar-refractivity contribution is 9.10. The number of rotatable bonds is 2. The van der Waals surface area contributed by atoms with Crippen LogP contribution in [-0.2, 0) is 6.54 Å². The van der Waals surface area contributed by atoms with Gasteiger partial charge in [-0.2, -0.15) is 0 Å². The Kier molecular flexibility index (Phi) is 3.70. The van der Waals surface area contributed by atoms with E-state index < -0.39 is 0 Å². The van der Waals surface area contributed by atoms with Crippen molar-refractivity contribution in [1.82, 2.24) is 4.98 Å². The van der Waals surface area contributed by atoms with Gasteiger partial charge in [-0.05, 0) is 43.0 Å². The molecule has 0 aliphatic carbocycles. The van der Waals surface area contributed by atoms with Crippen molar-refractivity contribution < 1.29 is 0 Å². The standard InChI is InChI=1S/C18H18BrN3/c19-16-6-4-5-14-15(16)12-21-18(14)13-7-8-20-17(11-13)22-9-2-1-3-10-22/h4-8,11H,1-3,9-10,12H2. The summed E-state index contributed by atoms with van der Waals surface area (Å²) in [5, 5.41) is 0. The van der Waals surface area contributed by atoms with Crippen LogP contribution in [0, 0.1) is 0 Å². The third kappa shape index (κ3) is 2.45. The van der Waals surface area contributed by atoms with E-state index in [1.165, 1.54) is 36.0 Å². The fourth-order valence-corrected chi connectivity index (χ4v) is 3.78. The lowest BCUT2D eigenvalue weighted by Gasteiger charge is -2.27. The number of halogens is 1. The quantitative estimate of drug-likeness (QED) is 0.807. The van der Waals surface area contributed by atoms with Crippen molar-refractivity contribution in [3.63, 3.8) is 0 Å². The first kappa shape index (κ1) is 13.9. The molecule has 2 aromatic rings. The Hall–Kier alpha value is -1.68. The number of anilines is 1. The number of piperidine rings is 1. The first-order valence-corrected chi connectivity index (χ1v) is 8.66. The van der Waals surface area contributed by atoms with Crippen LogP contribution in [0.2, 0.25) is 0 Å². The molecule has 0 unspecified atom stereocenters. The Bertz CT molecular complexity index is 733. The number of fused-ring (bicyclic) bond motifs is 1. The van der Waals surface area contributed by atoms with Gasteiger partial charge in [0.05, 0.1) is 12.3 Å². The van der Waals surface area contributed by atoms with Gasteiger partial charge < -0.3 is 4.90 Å². The lowest BCUT2D eigenvalue weighted by Crippen LogP contribution is -2.30. The van der Waals surface area contributed by atoms with Crippen molar-refractivity contribution in [3.8, 4) is 0 Å². The van der Waals surface area contributed by atoms with Crippen LogP contribution in [0.4, 0.5) is 5.82 Å². The summed E-state index contributed by atoms with van der Waals surface area (Å²) in [5.74, 6) is 1.09. The highest BCUT2D eigenvalue weighted by Crippen LogP contribution is 2.30. The Morgan fingerprint density at radius 3 is 2.77 bits per heavy atom. The number of hydrogen-bond donors (Lipinski definition) is 0. The van der Waals surface area contributed by atoms with E-state index in [9.17, 15) is 0 Å². The molecule has 3 heterocycles. The molecule has 0 spiro atoms. The lowest BCUT2D eigenvalue weighted by molar-refractivity contribution is 0.573. The molecule has 1 aromatic carbocycles. The van der Waals surface area contributed by atoms with Crippen LogP contribution >= 0.6 is 15.9 Å². The Morgan fingerprint density at radius 2 is 1.91 bits per heavy atom. The molecule has 3 nitrogen and oxygen atoms in total. The number of nitrogens with zero attached hydrogens (tertiary/aromatic N) is 3. The van der Waals surface area contributed by atoms with Crippen molar-refractivity contribution in [2.45, 2.75) is 25.8 Å². The van der Waals surface area contributed by atoms with Gasteiger partial charge in [0.2, 0.25) is 0 Å². The van der Waals surface area contributed by atoms with Crippen LogP contribution in [0.5, 0.6) is 0 Å². The second-order valence-electron chi connectivity index (χ2n) is 5.88. The van der Waals surface area contributed by atoms with Crippen molar-refractivity contribution in [3.05, 3.63) is 57.7 Å². The van der Waals surface area contributed by atoms with Gasteiger partial charge in [0.1, 0.15) is 5.82 Å². The van der Waals surface area contributed by atoms with E-state index >= 15 is 0 Å². The van der Waals surface area contributed by atoms with E-state index in [1.54, 1.807) is 0 Å². The summed E-state index contributed by atoms with van der Waals surface area (Å²) >= 11 is 3.63. The first-order chi connectivity index (χ1) is 10.8. The molecule has 0 bridgehead atoms. The lowest BCUT2D eigenvalue weighted by atomic mass is 10.0. The SMILES string of the molecule is Brc1cccc2c1CN=C2c1ccnc(N2CCCCC2)c1. The topological polar surface area (TPSA) is 28.5 Å². The zero-order chi connectivity index (χ0) is 14.9. The van der Waals surface area contributed by atoms with Crippen LogP contribution < -0.4 is 4.90 Å². The summed E-state index contributed by atoms with van der Waals surface area (Å²) in [6, 6.07) is 10.6. The number of benzene rings is 1. The molecule has 1 saturated heterocycles. The van der Waals surface area contributed by atoms with Crippen molar-refractivity contribution in [2.75, 3.05) is 18.0 Å². The minimum atomic E-state index is 0.757. The van der Waals surface area contributed by atoms with Gasteiger partial charge in [-0.1, -0.05) is 28.1 Å². The highest BCUT2D eigenvalue weighted by atomic mass is 79.9. The van der Waals surface area contributed by atoms with Gasteiger partial charge in [-0.15, -0.1) is 0 Å². The van der Waals surface area contributed by atoms with Gasteiger partial charge in [-0.25, -0.2) is 4.98 Å². The normalized spacial score (nSPS) is 17.3. The summed E-state index contributed by atoms with van der Waals surface area (Å²) in [7, 11) is 0. The third-order valence-electron chi connectivity index (χ3n) is 4.47. The molecule has 0 atom stereocenters. The molecular formula is C18H18BrN3. The molecule has 4 heteroatoms. The van der Waals surface area contributed by atoms with Crippen molar-refractivity contribution in [2.24, 2.45) is 4.99 Å². The molecule has 0 amide bonds. The molecule has 112 valence electrons. The minimum Gasteiger partial charge on any atom is -0.357 e. The van der Waals surface area contributed by atoms with Crippen molar-refractivity contribution >= 4 is 27.5 Å². The van der Waals surface area contributed by atoms with Gasteiger partial charge in [0.15, 0.2) is 0 Å². The minimum absolute atomic E-state index is 0.757. The fraction of sp³-hybridized carbons (Fsp3) is 0.333. The maximum Gasteiger partial charge on any atom is 0.129 e. The summed E-state index contributed by atoms with van der Waals surface area (Å²) in [4.78, 5) is 11.7. The Morgan fingerprint density at radius 1 is 1.05 bits per heavy atom. The average molecular weight is 356 g/mol. The largest absolute Gasteiger partial charge is 0.357 e. The van der Waals surface area contributed by atoms with E-state index in [-0.39, 0.29) is 0 Å². The monoisotopic (exact) mass is 355 g/mol. The number of hydrogen-bond acceptors (Lipinski definition) is 3. The third-order valence-corrected chi connectivity index (χ3v) is 5.21. The van der Waals surface area contributed by atoms with Crippen LogP contribution in [-0.4, -0.2) is 23.8 Å². The van der Waals surface area contributed by atoms with E-state index in [1.807, 2.05) is 6.20 Å². The van der Waals surface area contributed by atoms with Gasteiger partial charge in [0, 0.05) is 34.9 Å². The van der Waals surface area contributed by atoms with E-state index in [2.05, 4.69) is 56.1 Å². The summed E-state index contributed by atoms with van der Waals surface area (Å²) in [6.45, 7) is 2.99. The van der Waals surface area contributed by atoms with Crippen molar-refractivity contribution in [1.29, 1.82) is 0 Å². The number of aromatic nitrogens is 1. The smallest absolute Gasteiger partial charge is 0.129 e. The molecule has 22 heavy (non-hydrogen) atoms. The van der Waals surface area contributed by atoms with E-state index in [4.69, 9.17) is 4.99 Å². The maximum absolute atomic E-state index is 4.76. The first-order valence-electron chi connectivity index (χ1n) is 7.86. The second-order valence-corrected chi connectivity index (χ2v) is 6.74. The molecular weight excluding hydrogens is 338 g/mol. The molecule has 0 saturated carbocycles. The predicted octanol–water partition coefficient (Wildman–Crippen LogP) is 4.19. The zero-order valence-corrected chi connectivity index (χ0v) is 14.0. The predicted molar refractivity (Wildman–Crippen MR) is 93.8 cm³/mol. The molecule has 0 N–H and O–H groups in total. The number of pyridine rings is 1. The average Bonchev–Trinajstić information content (AvgIpc) is 3.01.